The van der Waals surface area contributed by atoms with E-state index in [1.54, 1.807) is 25.1 Å². The first kappa shape index (κ1) is 17.5. The smallest absolute Gasteiger partial charge is 0.313 e. The highest BCUT2D eigenvalue weighted by molar-refractivity contribution is 6.40. The van der Waals surface area contributed by atoms with Crippen molar-refractivity contribution in [2.24, 2.45) is 0 Å². The fourth-order valence-corrected chi connectivity index (χ4v) is 3.26. The summed E-state index contributed by atoms with van der Waals surface area (Å²) >= 11 is 6.01. The molecule has 1 aliphatic rings. The summed E-state index contributed by atoms with van der Waals surface area (Å²) in [5.74, 6) is -1.59. The molecular weight excluding hydrogens is 340 g/mol. The number of halogens is 1. The Bertz CT molecular complexity index is 837. The zero-order valence-corrected chi connectivity index (χ0v) is 14.6. The molecule has 5 nitrogen and oxygen atoms in total. The molecule has 0 radical (unpaired) electrons. The molecule has 3 N–H and O–H groups in total. The molecule has 25 heavy (non-hydrogen) atoms. The molecule has 2 aromatic rings. The molecule has 0 heterocycles. The number of hydrogen-bond donors (Lipinski definition) is 3. The third kappa shape index (κ3) is 3.52. The second-order valence-electron chi connectivity index (χ2n) is 6.24. The Hall–Kier alpha value is -2.37. The van der Waals surface area contributed by atoms with Gasteiger partial charge in [-0.3, -0.25) is 9.59 Å². The van der Waals surface area contributed by atoms with Gasteiger partial charge in [0, 0.05) is 10.7 Å². The van der Waals surface area contributed by atoms with E-state index in [-0.39, 0.29) is 6.54 Å². The van der Waals surface area contributed by atoms with Crippen LogP contribution in [-0.2, 0) is 21.6 Å². The van der Waals surface area contributed by atoms with Gasteiger partial charge in [0.15, 0.2) is 0 Å². The first-order chi connectivity index (χ1) is 11.9. The summed E-state index contributed by atoms with van der Waals surface area (Å²) < 4.78 is 0. The number of aryl methyl sites for hydroxylation is 1. The van der Waals surface area contributed by atoms with Crippen LogP contribution in [0.25, 0.3) is 0 Å². The zero-order valence-electron chi connectivity index (χ0n) is 13.8. The van der Waals surface area contributed by atoms with Gasteiger partial charge in [-0.15, -0.1) is 0 Å². The van der Waals surface area contributed by atoms with Gasteiger partial charge in [0.2, 0.25) is 0 Å². The van der Waals surface area contributed by atoms with Gasteiger partial charge >= 0.3 is 11.8 Å². The van der Waals surface area contributed by atoms with Crippen molar-refractivity contribution >= 4 is 29.1 Å². The number of amides is 2. The van der Waals surface area contributed by atoms with Crippen LogP contribution in [0.15, 0.2) is 42.5 Å². The third-order valence-corrected chi connectivity index (χ3v) is 5.00. The molecule has 130 valence electrons. The van der Waals surface area contributed by atoms with E-state index in [9.17, 15) is 14.7 Å². The molecule has 0 fully saturated rings. The van der Waals surface area contributed by atoms with Gasteiger partial charge in [-0.05, 0) is 48.6 Å². The lowest BCUT2D eigenvalue weighted by Gasteiger charge is -2.24. The molecule has 0 bridgehead atoms. The van der Waals surface area contributed by atoms with Gasteiger partial charge in [-0.1, -0.05) is 41.9 Å². The fourth-order valence-electron chi connectivity index (χ4n) is 3.08. The molecule has 1 unspecified atom stereocenters. The monoisotopic (exact) mass is 358 g/mol. The molecule has 0 aliphatic heterocycles. The largest absolute Gasteiger partial charge is 0.383 e. The Labute approximate surface area is 151 Å². The Morgan fingerprint density at radius 2 is 1.92 bits per heavy atom. The van der Waals surface area contributed by atoms with Crippen LogP contribution in [0.2, 0.25) is 5.02 Å². The van der Waals surface area contributed by atoms with E-state index in [2.05, 4.69) is 10.6 Å². The topological polar surface area (TPSA) is 78.4 Å². The van der Waals surface area contributed by atoms with Crippen LogP contribution in [0.3, 0.4) is 0 Å². The number of nitrogens with one attached hydrogen (secondary N) is 2. The SMILES string of the molecule is Cc1c(Cl)cccc1NC(=O)C(=O)NCC1(O)CCc2ccccc21. The van der Waals surface area contributed by atoms with Crippen molar-refractivity contribution in [3.8, 4) is 0 Å². The maximum absolute atomic E-state index is 12.1. The molecule has 2 aromatic carbocycles. The van der Waals surface area contributed by atoms with Crippen LogP contribution in [-0.4, -0.2) is 23.5 Å². The van der Waals surface area contributed by atoms with Crippen molar-refractivity contribution in [1.29, 1.82) is 0 Å². The van der Waals surface area contributed by atoms with E-state index in [0.717, 1.165) is 17.5 Å². The highest BCUT2D eigenvalue weighted by atomic mass is 35.5. The summed E-state index contributed by atoms with van der Waals surface area (Å²) in [6.45, 7) is 1.75. The highest BCUT2D eigenvalue weighted by Crippen LogP contribution is 2.36. The van der Waals surface area contributed by atoms with Crippen molar-refractivity contribution in [2.75, 3.05) is 11.9 Å². The van der Waals surface area contributed by atoms with E-state index in [1.165, 1.54) is 0 Å². The Morgan fingerprint density at radius 3 is 2.72 bits per heavy atom. The summed E-state index contributed by atoms with van der Waals surface area (Å²) in [5.41, 5.74) is 1.91. The number of benzene rings is 2. The number of rotatable bonds is 3. The summed E-state index contributed by atoms with van der Waals surface area (Å²) in [5, 5.41) is 16.4. The molecule has 1 aliphatic carbocycles. The van der Waals surface area contributed by atoms with Crippen molar-refractivity contribution in [2.45, 2.75) is 25.4 Å². The second-order valence-corrected chi connectivity index (χ2v) is 6.65. The molecular formula is C19H19ClN2O3. The van der Waals surface area contributed by atoms with Gasteiger partial charge in [0.25, 0.3) is 0 Å². The summed E-state index contributed by atoms with van der Waals surface area (Å²) in [4.78, 5) is 24.2. The van der Waals surface area contributed by atoms with Crippen molar-refractivity contribution in [3.05, 3.63) is 64.2 Å². The molecule has 0 saturated carbocycles. The average molecular weight is 359 g/mol. The van der Waals surface area contributed by atoms with Crippen molar-refractivity contribution in [3.63, 3.8) is 0 Å². The van der Waals surface area contributed by atoms with E-state index >= 15 is 0 Å². The normalized spacial score (nSPS) is 18.5. The van der Waals surface area contributed by atoms with E-state index in [1.807, 2.05) is 24.3 Å². The number of carbonyl (C=O) groups is 2. The minimum atomic E-state index is -1.14. The molecule has 6 heteroatoms. The van der Waals surface area contributed by atoms with Crippen LogP contribution in [0, 0.1) is 6.92 Å². The number of aliphatic hydroxyl groups is 1. The Kier molecular flexibility index (Phi) is 4.79. The molecule has 0 spiro atoms. The molecule has 0 saturated heterocycles. The quantitative estimate of drug-likeness (QED) is 0.738. The highest BCUT2D eigenvalue weighted by Gasteiger charge is 2.37. The van der Waals surface area contributed by atoms with Gasteiger partial charge in [0.05, 0.1) is 6.54 Å². The lowest BCUT2D eigenvalue weighted by molar-refractivity contribution is -0.136. The Balaban J connectivity index is 1.63. The van der Waals surface area contributed by atoms with Crippen LogP contribution < -0.4 is 10.6 Å². The van der Waals surface area contributed by atoms with Crippen LogP contribution in [0.4, 0.5) is 5.69 Å². The fraction of sp³-hybridized carbons (Fsp3) is 0.263. The number of fused-ring (bicyclic) bond motifs is 1. The first-order valence-corrected chi connectivity index (χ1v) is 8.43. The number of carbonyl (C=O) groups excluding carboxylic acids is 2. The zero-order chi connectivity index (χ0) is 18.0. The molecule has 1 atom stereocenters. The molecule has 0 aromatic heterocycles. The number of hydrogen-bond acceptors (Lipinski definition) is 3. The van der Waals surface area contributed by atoms with Crippen LogP contribution in [0.1, 0.15) is 23.1 Å². The minimum absolute atomic E-state index is 0.00913. The van der Waals surface area contributed by atoms with Gasteiger partial charge in [-0.2, -0.15) is 0 Å². The van der Waals surface area contributed by atoms with Gasteiger partial charge in [-0.25, -0.2) is 0 Å². The maximum atomic E-state index is 12.1. The van der Waals surface area contributed by atoms with E-state index in [0.29, 0.717) is 22.7 Å². The predicted molar refractivity (Wildman–Crippen MR) is 96.5 cm³/mol. The van der Waals surface area contributed by atoms with E-state index < -0.39 is 17.4 Å². The van der Waals surface area contributed by atoms with Gasteiger partial charge < -0.3 is 15.7 Å². The average Bonchev–Trinajstić information content (AvgIpc) is 2.95. The summed E-state index contributed by atoms with van der Waals surface area (Å²) in [7, 11) is 0. The lowest BCUT2D eigenvalue weighted by Crippen LogP contribution is -2.43. The third-order valence-electron chi connectivity index (χ3n) is 4.59. The maximum Gasteiger partial charge on any atom is 0.313 e. The lowest BCUT2D eigenvalue weighted by atomic mass is 9.96. The predicted octanol–water partition coefficient (Wildman–Crippen LogP) is 2.54. The molecule has 2 amide bonds. The second kappa shape index (κ2) is 6.86. The summed E-state index contributed by atoms with van der Waals surface area (Å²) in [6, 6.07) is 12.7. The van der Waals surface area contributed by atoms with Crippen LogP contribution >= 0.6 is 11.6 Å². The standard InChI is InChI=1S/C19H19ClN2O3/c1-12-15(20)7-4-8-16(12)22-18(24)17(23)21-11-19(25)10-9-13-5-2-3-6-14(13)19/h2-8,25H,9-11H2,1H3,(H,21,23)(H,22,24). The minimum Gasteiger partial charge on any atom is -0.383 e. The molecule has 3 rings (SSSR count). The van der Waals surface area contributed by atoms with E-state index in [4.69, 9.17) is 11.6 Å². The van der Waals surface area contributed by atoms with Crippen LogP contribution in [0.5, 0.6) is 0 Å². The van der Waals surface area contributed by atoms with Crippen molar-refractivity contribution in [1.82, 2.24) is 5.32 Å². The Morgan fingerprint density at radius 1 is 1.16 bits per heavy atom. The van der Waals surface area contributed by atoms with Crippen molar-refractivity contribution < 1.29 is 14.7 Å². The summed E-state index contributed by atoms with van der Waals surface area (Å²) in [6.07, 6.45) is 1.26. The number of anilines is 1. The van der Waals surface area contributed by atoms with Gasteiger partial charge in [0.1, 0.15) is 5.60 Å². The first-order valence-electron chi connectivity index (χ1n) is 8.06.